The fourth-order valence-electron chi connectivity index (χ4n) is 4.85. The van der Waals surface area contributed by atoms with Crippen LogP contribution in [0.15, 0.2) is 30.5 Å². The van der Waals surface area contributed by atoms with Gasteiger partial charge in [-0.15, -0.1) is 0 Å². The molecule has 1 aromatic heterocycles. The minimum absolute atomic E-state index is 0.323. The first-order valence-corrected chi connectivity index (χ1v) is 10.8. The molecule has 1 aliphatic heterocycles. The van der Waals surface area contributed by atoms with E-state index in [1.165, 1.54) is 48.6 Å². The van der Waals surface area contributed by atoms with Gasteiger partial charge in [0.15, 0.2) is 0 Å². The molecule has 1 saturated heterocycles. The highest BCUT2D eigenvalue weighted by Crippen LogP contribution is 2.24. The van der Waals surface area contributed by atoms with Crippen molar-refractivity contribution in [1.82, 2.24) is 14.4 Å². The van der Waals surface area contributed by atoms with E-state index in [1.807, 2.05) is 0 Å². The molecule has 0 bridgehead atoms. The summed E-state index contributed by atoms with van der Waals surface area (Å²) in [5, 5.41) is 1.28. The van der Waals surface area contributed by atoms with Gasteiger partial charge in [-0.3, -0.25) is 9.69 Å². The minimum atomic E-state index is 0.323. The number of carbonyl (C=O) groups is 1. The lowest BCUT2D eigenvalue weighted by Crippen LogP contribution is -2.52. The standard InChI is InChI=1S/C23H33N3O/c1-2-24-13-12-20-10-8-19(18-22(20)24)9-11-23(27)26-16-14-25(15-17-26)21-6-4-3-5-7-21/h8,10,12-13,18,21H,2-7,9,11,14-17H2,1H3. The second kappa shape index (κ2) is 8.47. The predicted octanol–water partition coefficient (Wildman–Crippen LogP) is 4.07. The number of benzene rings is 1. The number of fused-ring (bicyclic) bond motifs is 1. The van der Waals surface area contributed by atoms with Crippen molar-refractivity contribution in [3.05, 3.63) is 36.0 Å². The second-order valence-corrected chi connectivity index (χ2v) is 8.20. The van der Waals surface area contributed by atoms with Crippen LogP contribution < -0.4 is 0 Å². The van der Waals surface area contributed by atoms with Gasteiger partial charge in [-0.05, 0) is 49.3 Å². The van der Waals surface area contributed by atoms with E-state index in [0.717, 1.165) is 45.2 Å². The summed E-state index contributed by atoms with van der Waals surface area (Å²) in [5.74, 6) is 0.323. The van der Waals surface area contributed by atoms with E-state index >= 15 is 0 Å². The van der Waals surface area contributed by atoms with Gasteiger partial charge in [0.25, 0.3) is 0 Å². The Morgan fingerprint density at radius 3 is 2.56 bits per heavy atom. The van der Waals surface area contributed by atoms with Gasteiger partial charge in [-0.1, -0.05) is 31.4 Å². The van der Waals surface area contributed by atoms with Crippen LogP contribution in [0, 0.1) is 0 Å². The summed E-state index contributed by atoms with van der Waals surface area (Å²) < 4.78 is 2.27. The molecule has 1 aromatic carbocycles. The fourth-order valence-corrected chi connectivity index (χ4v) is 4.85. The van der Waals surface area contributed by atoms with E-state index in [-0.39, 0.29) is 0 Å². The summed E-state index contributed by atoms with van der Waals surface area (Å²) in [7, 11) is 0. The maximum absolute atomic E-state index is 12.7. The van der Waals surface area contributed by atoms with E-state index in [9.17, 15) is 4.79 Å². The Labute approximate surface area is 163 Å². The lowest BCUT2D eigenvalue weighted by molar-refractivity contribution is -0.133. The van der Waals surface area contributed by atoms with Gasteiger partial charge in [-0.2, -0.15) is 0 Å². The maximum atomic E-state index is 12.7. The molecule has 0 spiro atoms. The number of nitrogens with zero attached hydrogens (tertiary/aromatic N) is 3. The molecule has 27 heavy (non-hydrogen) atoms. The smallest absolute Gasteiger partial charge is 0.222 e. The zero-order valence-corrected chi connectivity index (χ0v) is 16.7. The fraction of sp³-hybridized carbons (Fsp3) is 0.609. The van der Waals surface area contributed by atoms with Gasteiger partial charge in [0, 0.05) is 56.9 Å². The first-order valence-electron chi connectivity index (χ1n) is 10.8. The predicted molar refractivity (Wildman–Crippen MR) is 111 cm³/mol. The van der Waals surface area contributed by atoms with E-state index in [2.05, 4.69) is 51.8 Å². The molecular weight excluding hydrogens is 334 g/mol. The minimum Gasteiger partial charge on any atom is -0.348 e. The monoisotopic (exact) mass is 367 g/mol. The average Bonchev–Trinajstić information content (AvgIpc) is 3.15. The number of aryl methyl sites for hydroxylation is 2. The highest BCUT2D eigenvalue weighted by atomic mass is 16.2. The highest BCUT2D eigenvalue weighted by Gasteiger charge is 2.26. The molecule has 0 atom stereocenters. The van der Waals surface area contributed by atoms with Gasteiger partial charge in [0.05, 0.1) is 0 Å². The number of rotatable bonds is 5. The van der Waals surface area contributed by atoms with Crippen LogP contribution in [0.5, 0.6) is 0 Å². The van der Waals surface area contributed by atoms with Crippen LogP contribution in [0.3, 0.4) is 0 Å². The third-order valence-electron chi connectivity index (χ3n) is 6.56. The normalized spacial score (nSPS) is 19.7. The first-order chi connectivity index (χ1) is 13.2. The van der Waals surface area contributed by atoms with Crippen LogP contribution in [-0.2, 0) is 17.8 Å². The van der Waals surface area contributed by atoms with E-state index in [4.69, 9.17) is 0 Å². The highest BCUT2D eigenvalue weighted by molar-refractivity contribution is 5.81. The van der Waals surface area contributed by atoms with Gasteiger partial charge in [-0.25, -0.2) is 0 Å². The van der Waals surface area contributed by atoms with Crippen molar-refractivity contribution in [2.75, 3.05) is 26.2 Å². The molecule has 1 aliphatic carbocycles. The molecule has 0 N–H and O–H groups in total. The molecule has 2 fully saturated rings. The molecule has 0 unspecified atom stereocenters. The molecule has 1 amide bonds. The quantitative estimate of drug-likeness (QED) is 0.797. The number of hydrogen-bond donors (Lipinski definition) is 0. The van der Waals surface area contributed by atoms with Gasteiger partial charge >= 0.3 is 0 Å². The molecule has 4 heteroatoms. The summed E-state index contributed by atoms with van der Waals surface area (Å²) in [4.78, 5) is 17.4. The van der Waals surface area contributed by atoms with Crippen LogP contribution in [0.1, 0.15) is 51.0 Å². The molecule has 4 rings (SSSR count). The Kier molecular flexibility index (Phi) is 5.82. The SMILES string of the molecule is CCn1ccc2ccc(CCC(=O)N3CCN(C4CCCCC4)CC3)cc21. The Morgan fingerprint density at radius 1 is 1.04 bits per heavy atom. The van der Waals surface area contributed by atoms with Crippen molar-refractivity contribution in [3.63, 3.8) is 0 Å². The van der Waals surface area contributed by atoms with Gasteiger partial charge in [0.1, 0.15) is 0 Å². The van der Waals surface area contributed by atoms with Crippen molar-refractivity contribution in [2.24, 2.45) is 0 Å². The second-order valence-electron chi connectivity index (χ2n) is 8.20. The molecule has 2 aliphatic rings. The molecule has 4 nitrogen and oxygen atoms in total. The molecular formula is C23H33N3O. The molecule has 2 heterocycles. The maximum Gasteiger partial charge on any atom is 0.222 e. The van der Waals surface area contributed by atoms with Crippen LogP contribution in [0.4, 0.5) is 0 Å². The Balaban J connectivity index is 1.28. The number of amides is 1. The molecule has 2 aromatic rings. The van der Waals surface area contributed by atoms with Crippen LogP contribution >= 0.6 is 0 Å². The molecule has 0 radical (unpaired) electrons. The number of carbonyl (C=O) groups excluding carboxylic acids is 1. The average molecular weight is 368 g/mol. The van der Waals surface area contributed by atoms with E-state index in [0.29, 0.717) is 12.3 Å². The zero-order chi connectivity index (χ0) is 18.6. The molecule has 1 saturated carbocycles. The van der Waals surface area contributed by atoms with Crippen LogP contribution in [-0.4, -0.2) is 52.5 Å². The number of piperazine rings is 1. The largest absolute Gasteiger partial charge is 0.348 e. The van der Waals surface area contributed by atoms with Crippen LogP contribution in [0.25, 0.3) is 10.9 Å². The summed E-state index contributed by atoms with van der Waals surface area (Å²) >= 11 is 0. The third-order valence-corrected chi connectivity index (χ3v) is 6.56. The summed E-state index contributed by atoms with van der Waals surface area (Å²) in [6.07, 6.45) is 10.5. The Hall–Kier alpha value is -1.81. The summed E-state index contributed by atoms with van der Waals surface area (Å²) in [6, 6.07) is 9.56. The van der Waals surface area contributed by atoms with Gasteiger partial charge < -0.3 is 9.47 Å². The number of aromatic nitrogens is 1. The topological polar surface area (TPSA) is 28.5 Å². The van der Waals surface area contributed by atoms with Crippen molar-refractivity contribution in [1.29, 1.82) is 0 Å². The van der Waals surface area contributed by atoms with Crippen molar-refractivity contribution >= 4 is 16.8 Å². The Morgan fingerprint density at radius 2 is 1.81 bits per heavy atom. The third kappa shape index (κ3) is 4.21. The van der Waals surface area contributed by atoms with Crippen molar-refractivity contribution in [3.8, 4) is 0 Å². The zero-order valence-electron chi connectivity index (χ0n) is 16.7. The summed E-state index contributed by atoms with van der Waals surface area (Å²) in [5.41, 5.74) is 2.55. The Bertz CT molecular complexity index is 767. The van der Waals surface area contributed by atoms with Crippen LogP contribution in [0.2, 0.25) is 0 Å². The van der Waals surface area contributed by atoms with E-state index in [1.54, 1.807) is 0 Å². The number of hydrogen-bond acceptors (Lipinski definition) is 2. The lowest BCUT2D eigenvalue weighted by atomic mass is 9.94. The molecule has 146 valence electrons. The first kappa shape index (κ1) is 18.5. The van der Waals surface area contributed by atoms with Crippen molar-refractivity contribution < 1.29 is 4.79 Å². The lowest BCUT2D eigenvalue weighted by Gasteiger charge is -2.40. The summed E-state index contributed by atoms with van der Waals surface area (Å²) in [6.45, 7) is 7.10. The van der Waals surface area contributed by atoms with E-state index < -0.39 is 0 Å². The van der Waals surface area contributed by atoms with Crippen molar-refractivity contribution in [2.45, 2.75) is 64.5 Å². The van der Waals surface area contributed by atoms with Gasteiger partial charge in [0.2, 0.25) is 5.91 Å².